The highest BCUT2D eigenvalue weighted by Crippen LogP contribution is 2.25. The maximum absolute atomic E-state index is 13.0. The minimum absolute atomic E-state index is 0.0978. The normalized spacial score (nSPS) is 11.0. The largest absolute Gasteiger partial charge is 0.484 e. The van der Waals surface area contributed by atoms with Crippen molar-refractivity contribution in [3.8, 4) is 5.75 Å². The van der Waals surface area contributed by atoms with E-state index in [1.807, 2.05) is 0 Å². The van der Waals surface area contributed by atoms with E-state index < -0.39 is 5.82 Å². The predicted octanol–water partition coefficient (Wildman–Crippen LogP) is 4.11. The first-order valence-corrected chi connectivity index (χ1v) is 9.08. The summed E-state index contributed by atoms with van der Waals surface area (Å²) in [6.07, 6.45) is 0.882. The molecule has 0 fully saturated rings. The van der Waals surface area contributed by atoms with Gasteiger partial charge in [-0.15, -0.1) is 0 Å². The van der Waals surface area contributed by atoms with Crippen molar-refractivity contribution in [2.75, 3.05) is 26.2 Å². The first kappa shape index (κ1) is 20.3. The molecule has 1 aromatic carbocycles. The maximum Gasteiger partial charge on any atom is 0.286 e. The molecule has 142 valence electrons. The van der Waals surface area contributed by atoms with E-state index in [1.54, 1.807) is 12.1 Å². The van der Waals surface area contributed by atoms with E-state index in [9.17, 15) is 9.18 Å². The molecule has 0 aliphatic heterocycles. The summed E-state index contributed by atoms with van der Waals surface area (Å²) in [6.45, 7) is 7.88. The third kappa shape index (κ3) is 6.04. The molecule has 0 saturated carbocycles. The molecule has 2 rings (SSSR count). The van der Waals surface area contributed by atoms with Crippen molar-refractivity contribution in [2.45, 2.75) is 26.9 Å². The number of hydrogen-bond donors (Lipinski definition) is 1. The molecule has 0 aliphatic rings. The number of benzene rings is 1. The van der Waals surface area contributed by atoms with Gasteiger partial charge in [0.1, 0.15) is 23.9 Å². The standard InChI is InChI=1S/C19H24ClFN2O3/c1-3-23(4-2)11-5-10-22-19(24)18-9-7-15(26-18)13-25-17-8-6-14(21)12-16(17)20/h6-9,12H,3-5,10-11,13H2,1-2H3,(H,22,24). The Hall–Kier alpha value is -2.05. The molecular formula is C19H24ClFN2O3. The predicted molar refractivity (Wildman–Crippen MR) is 99.2 cm³/mol. The fraction of sp³-hybridized carbons (Fsp3) is 0.421. The van der Waals surface area contributed by atoms with Crippen molar-refractivity contribution in [1.29, 1.82) is 0 Å². The van der Waals surface area contributed by atoms with Gasteiger partial charge in [-0.05, 0) is 56.4 Å². The Balaban J connectivity index is 1.78. The lowest BCUT2D eigenvalue weighted by molar-refractivity contribution is 0.0920. The monoisotopic (exact) mass is 382 g/mol. The van der Waals surface area contributed by atoms with Gasteiger partial charge in [-0.1, -0.05) is 25.4 Å². The average Bonchev–Trinajstić information content (AvgIpc) is 3.10. The Morgan fingerprint density at radius 2 is 2.04 bits per heavy atom. The third-order valence-electron chi connectivity index (χ3n) is 3.98. The Morgan fingerprint density at radius 3 is 2.73 bits per heavy atom. The lowest BCUT2D eigenvalue weighted by atomic mass is 10.3. The molecule has 0 spiro atoms. The summed E-state index contributed by atoms with van der Waals surface area (Å²) < 4.78 is 24.0. The molecule has 0 saturated heterocycles. The number of halogens is 2. The van der Waals surface area contributed by atoms with Crippen LogP contribution in [0.4, 0.5) is 4.39 Å². The van der Waals surface area contributed by atoms with Crippen molar-refractivity contribution < 1.29 is 18.3 Å². The topological polar surface area (TPSA) is 54.7 Å². The van der Waals surface area contributed by atoms with Crippen LogP contribution in [0.3, 0.4) is 0 Å². The van der Waals surface area contributed by atoms with Crippen molar-refractivity contribution >= 4 is 17.5 Å². The van der Waals surface area contributed by atoms with Crippen molar-refractivity contribution in [2.24, 2.45) is 0 Å². The zero-order chi connectivity index (χ0) is 18.9. The summed E-state index contributed by atoms with van der Waals surface area (Å²) in [7, 11) is 0. The van der Waals surface area contributed by atoms with Gasteiger partial charge in [-0.25, -0.2) is 4.39 Å². The van der Waals surface area contributed by atoms with E-state index in [4.69, 9.17) is 20.8 Å². The highest BCUT2D eigenvalue weighted by molar-refractivity contribution is 6.32. The molecule has 5 nitrogen and oxygen atoms in total. The van der Waals surface area contributed by atoms with Gasteiger partial charge in [0.15, 0.2) is 5.76 Å². The molecule has 1 amide bonds. The number of amides is 1. The van der Waals surface area contributed by atoms with Gasteiger partial charge in [-0.3, -0.25) is 4.79 Å². The van der Waals surface area contributed by atoms with E-state index in [-0.39, 0.29) is 23.3 Å². The minimum atomic E-state index is -0.430. The molecule has 0 radical (unpaired) electrons. The first-order valence-electron chi connectivity index (χ1n) is 8.70. The molecule has 0 atom stereocenters. The molecule has 1 heterocycles. The molecule has 26 heavy (non-hydrogen) atoms. The lowest BCUT2D eigenvalue weighted by Gasteiger charge is -2.17. The lowest BCUT2D eigenvalue weighted by Crippen LogP contribution is -2.29. The summed E-state index contributed by atoms with van der Waals surface area (Å²) in [5.74, 6) is 0.387. The Morgan fingerprint density at radius 1 is 1.27 bits per heavy atom. The van der Waals surface area contributed by atoms with Crippen molar-refractivity contribution in [1.82, 2.24) is 10.2 Å². The van der Waals surface area contributed by atoms with Crippen LogP contribution in [0.2, 0.25) is 5.02 Å². The Kier molecular flexibility index (Phi) is 7.94. The first-order chi connectivity index (χ1) is 12.5. The SMILES string of the molecule is CCN(CC)CCCNC(=O)c1ccc(COc2ccc(F)cc2Cl)o1. The van der Waals surface area contributed by atoms with Gasteiger partial charge in [0.05, 0.1) is 5.02 Å². The molecule has 1 N–H and O–H groups in total. The maximum atomic E-state index is 13.0. The van der Waals surface area contributed by atoms with Crippen LogP contribution in [0.15, 0.2) is 34.7 Å². The number of ether oxygens (including phenoxy) is 1. The van der Waals surface area contributed by atoms with Crippen LogP contribution in [0.5, 0.6) is 5.75 Å². The van der Waals surface area contributed by atoms with Crippen LogP contribution in [-0.2, 0) is 6.61 Å². The molecule has 2 aromatic rings. The number of carbonyl (C=O) groups is 1. The fourth-order valence-corrected chi connectivity index (χ4v) is 2.67. The molecule has 7 heteroatoms. The van der Waals surface area contributed by atoms with Crippen molar-refractivity contribution in [3.63, 3.8) is 0 Å². The molecular weight excluding hydrogens is 359 g/mol. The van der Waals surface area contributed by atoms with E-state index >= 15 is 0 Å². The fourth-order valence-electron chi connectivity index (χ4n) is 2.45. The van der Waals surface area contributed by atoms with E-state index in [0.717, 1.165) is 26.1 Å². The van der Waals surface area contributed by atoms with Gasteiger partial charge < -0.3 is 19.4 Å². The minimum Gasteiger partial charge on any atom is -0.484 e. The summed E-state index contributed by atoms with van der Waals surface area (Å²) in [6, 6.07) is 7.16. The molecule has 0 unspecified atom stereocenters. The second-order valence-electron chi connectivity index (χ2n) is 5.77. The van der Waals surface area contributed by atoms with Gasteiger partial charge in [0.25, 0.3) is 5.91 Å². The van der Waals surface area contributed by atoms with Crippen LogP contribution < -0.4 is 10.1 Å². The Labute approximate surface area is 158 Å². The summed E-state index contributed by atoms with van der Waals surface area (Å²) in [5, 5.41) is 3.03. The average molecular weight is 383 g/mol. The summed E-state index contributed by atoms with van der Waals surface area (Å²) >= 11 is 5.90. The number of carbonyl (C=O) groups excluding carboxylic acids is 1. The zero-order valence-electron chi connectivity index (χ0n) is 15.1. The Bertz CT molecular complexity index is 717. The van der Waals surface area contributed by atoms with Gasteiger partial charge in [0, 0.05) is 6.54 Å². The molecule has 1 aromatic heterocycles. The highest BCUT2D eigenvalue weighted by Gasteiger charge is 2.12. The van der Waals surface area contributed by atoms with Crippen molar-refractivity contribution in [3.05, 3.63) is 52.7 Å². The van der Waals surface area contributed by atoms with Crippen LogP contribution in [0, 0.1) is 5.82 Å². The van der Waals surface area contributed by atoms with E-state index in [1.165, 1.54) is 18.2 Å². The summed E-state index contributed by atoms with van der Waals surface area (Å²) in [4.78, 5) is 14.4. The number of hydrogen-bond acceptors (Lipinski definition) is 4. The van der Waals surface area contributed by atoms with E-state index in [2.05, 4.69) is 24.1 Å². The zero-order valence-corrected chi connectivity index (χ0v) is 15.8. The molecule has 0 aliphatic carbocycles. The van der Waals surface area contributed by atoms with Crippen LogP contribution in [-0.4, -0.2) is 37.0 Å². The third-order valence-corrected chi connectivity index (χ3v) is 4.28. The molecule has 0 bridgehead atoms. The highest BCUT2D eigenvalue weighted by atomic mass is 35.5. The van der Waals surface area contributed by atoms with Gasteiger partial charge in [-0.2, -0.15) is 0 Å². The second-order valence-corrected chi connectivity index (χ2v) is 6.17. The number of nitrogens with zero attached hydrogens (tertiary/aromatic N) is 1. The van der Waals surface area contributed by atoms with E-state index in [0.29, 0.717) is 18.1 Å². The van der Waals surface area contributed by atoms with Crippen LogP contribution >= 0.6 is 11.6 Å². The summed E-state index contributed by atoms with van der Waals surface area (Å²) in [5.41, 5.74) is 0. The number of nitrogens with one attached hydrogen (secondary N) is 1. The van der Waals surface area contributed by atoms with Crippen LogP contribution in [0.25, 0.3) is 0 Å². The second kappa shape index (κ2) is 10.2. The quantitative estimate of drug-likeness (QED) is 0.628. The number of rotatable bonds is 10. The van der Waals surface area contributed by atoms with Gasteiger partial charge in [0.2, 0.25) is 0 Å². The van der Waals surface area contributed by atoms with Crippen LogP contribution in [0.1, 0.15) is 36.6 Å². The number of furan rings is 1. The smallest absolute Gasteiger partial charge is 0.286 e. The van der Waals surface area contributed by atoms with Gasteiger partial charge >= 0.3 is 0 Å².